The van der Waals surface area contributed by atoms with E-state index < -0.39 is 6.09 Å². The number of hydrogen-bond acceptors (Lipinski definition) is 3. The van der Waals surface area contributed by atoms with Crippen LogP contribution in [0.5, 0.6) is 0 Å². The normalized spacial score (nSPS) is 21.6. The van der Waals surface area contributed by atoms with E-state index >= 15 is 0 Å². The van der Waals surface area contributed by atoms with E-state index in [4.69, 9.17) is 4.98 Å². The molecule has 8 heteroatoms. The standard InChI is InChI=1S/C19H21IN4O3/c1-12(25)22-7-8-23-16(11-22)17(20)21-18(23)14-10-24(19(26)27)15(14)9-13-5-3-2-4-6-13/h2-6,14-15H,7-11H2,1H3,(H,26,27). The van der Waals surface area contributed by atoms with Crippen LogP contribution in [0.2, 0.25) is 0 Å². The van der Waals surface area contributed by atoms with Crippen LogP contribution in [0, 0.1) is 3.70 Å². The minimum absolute atomic E-state index is 0.0717. The Hall–Kier alpha value is -2.10. The molecule has 2 aliphatic heterocycles. The highest BCUT2D eigenvalue weighted by molar-refractivity contribution is 14.1. The van der Waals surface area contributed by atoms with Crippen molar-refractivity contribution in [3.63, 3.8) is 0 Å². The molecule has 2 atom stereocenters. The third-order valence-electron chi connectivity index (χ3n) is 5.56. The average molecular weight is 480 g/mol. The number of carbonyl (C=O) groups excluding carboxylic acids is 1. The van der Waals surface area contributed by atoms with Crippen LogP contribution in [0.15, 0.2) is 30.3 Å². The highest BCUT2D eigenvalue weighted by Gasteiger charge is 2.46. The Morgan fingerprint density at radius 1 is 1.26 bits per heavy atom. The molecule has 4 rings (SSSR count). The van der Waals surface area contributed by atoms with E-state index in [1.165, 1.54) is 4.90 Å². The number of likely N-dealkylation sites (tertiary alicyclic amines) is 1. The Morgan fingerprint density at radius 2 is 2.00 bits per heavy atom. The van der Waals surface area contributed by atoms with Gasteiger partial charge < -0.3 is 19.5 Å². The van der Waals surface area contributed by atoms with Crippen molar-refractivity contribution in [2.75, 3.05) is 13.1 Å². The molecular weight excluding hydrogens is 459 g/mol. The smallest absolute Gasteiger partial charge is 0.407 e. The first kappa shape index (κ1) is 18.3. The van der Waals surface area contributed by atoms with E-state index in [2.05, 4.69) is 27.2 Å². The molecule has 0 bridgehead atoms. The fourth-order valence-electron chi connectivity index (χ4n) is 4.04. The van der Waals surface area contributed by atoms with Gasteiger partial charge in [-0.1, -0.05) is 30.3 Å². The number of carboxylic acid groups (broad SMARTS) is 1. The maximum Gasteiger partial charge on any atom is 0.407 e. The Kier molecular flexibility index (Phi) is 4.83. The largest absolute Gasteiger partial charge is 0.465 e. The molecule has 0 radical (unpaired) electrons. The average Bonchev–Trinajstić information content (AvgIpc) is 2.95. The van der Waals surface area contributed by atoms with Crippen molar-refractivity contribution in [1.29, 1.82) is 0 Å². The Morgan fingerprint density at radius 3 is 2.67 bits per heavy atom. The number of carbonyl (C=O) groups is 2. The Labute approximate surface area is 171 Å². The Bertz CT molecular complexity index is 883. The van der Waals surface area contributed by atoms with Gasteiger partial charge in [-0.15, -0.1) is 0 Å². The summed E-state index contributed by atoms with van der Waals surface area (Å²) in [5.41, 5.74) is 2.18. The van der Waals surface area contributed by atoms with Gasteiger partial charge in [-0.05, 0) is 34.6 Å². The second-order valence-corrected chi connectivity index (χ2v) is 8.12. The van der Waals surface area contributed by atoms with Gasteiger partial charge in [0, 0.05) is 26.6 Å². The van der Waals surface area contributed by atoms with Crippen molar-refractivity contribution in [2.45, 2.75) is 38.4 Å². The first-order valence-corrected chi connectivity index (χ1v) is 10.1. The molecule has 7 nitrogen and oxygen atoms in total. The molecule has 0 aliphatic carbocycles. The zero-order valence-corrected chi connectivity index (χ0v) is 17.2. The van der Waals surface area contributed by atoms with Gasteiger partial charge in [0.1, 0.15) is 9.53 Å². The summed E-state index contributed by atoms with van der Waals surface area (Å²) in [6.07, 6.45) is -0.203. The van der Waals surface area contributed by atoms with Crippen molar-refractivity contribution in [2.24, 2.45) is 0 Å². The van der Waals surface area contributed by atoms with E-state index in [1.807, 2.05) is 35.2 Å². The van der Waals surface area contributed by atoms with Crippen LogP contribution < -0.4 is 0 Å². The summed E-state index contributed by atoms with van der Waals surface area (Å²) in [4.78, 5) is 31.5. The number of amides is 2. The lowest BCUT2D eigenvalue weighted by molar-refractivity contribution is -0.130. The zero-order chi connectivity index (χ0) is 19.1. The third kappa shape index (κ3) is 3.30. The molecule has 1 saturated heterocycles. The van der Waals surface area contributed by atoms with E-state index in [-0.39, 0.29) is 17.9 Å². The number of hydrogen-bond donors (Lipinski definition) is 1. The third-order valence-corrected chi connectivity index (χ3v) is 6.42. The van der Waals surface area contributed by atoms with Crippen LogP contribution in [0.4, 0.5) is 4.79 Å². The van der Waals surface area contributed by atoms with E-state index in [0.717, 1.165) is 20.8 Å². The summed E-state index contributed by atoms with van der Waals surface area (Å²) in [6.45, 7) is 4.00. The monoisotopic (exact) mass is 480 g/mol. The molecule has 27 heavy (non-hydrogen) atoms. The number of nitrogens with zero attached hydrogens (tertiary/aromatic N) is 4. The van der Waals surface area contributed by atoms with Crippen LogP contribution in [0.25, 0.3) is 0 Å². The molecule has 1 N–H and O–H groups in total. The summed E-state index contributed by atoms with van der Waals surface area (Å²) >= 11 is 2.22. The second-order valence-electron chi connectivity index (χ2n) is 7.10. The lowest BCUT2D eigenvalue weighted by Gasteiger charge is -2.46. The summed E-state index contributed by atoms with van der Waals surface area (Å²) in [6, 6.07) is 9.87. The molecule has 0 spiro atoms. The molecule has 1 fully saturated rings. The Balaban J connectivity index is 1.62. The number of benzene rings is 1. The predicted molar refractivity (Wildman–Crippen MR) is 107 cm³/mol. The highest BCUT2D eigenvalue weighted by atomic mass is 127. The minimum atomic E-state index is -0.880. The van der Waals surface area contributed by atoms with Crippen molar-refractivity contribution in [1.82, 2.24) is 19.4 Å². The van der Waals surface area contributed by atoms with Gasteiger partial charge in [-0.2, -0.15) is 0 Å². The van der Waals surface area contributed by atoms with Gasteiger partial charge >= 0.3 is 6.09 Å². The van der Waals surface area contributed by atoms with Crippen molar-refractivity contribution in [3.05, 3.63) is 51.1 Å². The van der Waals surface area contributed by atoms with Crippen molar-refractivity contribution < 1.29 is 14.7 Å². The van der Waals surface area contributed by atoms with Gasteiger partial charge in [0.15, 0.2) is 0 Å². The molecular formula is C19H21IN4O3. The summed E-state index contributed by atoms with van der Waals surface area (Å²) < 4.78 is 3.10. The van der Waals surface area contributed by atoms with Crippen LogP contribution in [-0.4, -0.2) is 55.6 Å². The number of aromatic nitrogens is 2. The fourth-order valence-corrected chi connectivity index (χ4v) is 4.75. The van der Waals surface area contributed by atoms with Gasteiger partial charge in [0.05, 0.1) is 24.2 Å². The van der Waals surface area contributed by atoms with E-state index in [9.17, 15) is 14.7 Å². The first-order chi connectivity index (χ1) is 13.0. The maximum atomic E-state index is 11.7. The molecule has 2 unspecified atom stereocenters. The lowest BCUT2D eigenvalue weighted by atomic mass is 9.83. The summed E-state index contributed by atoms with van der Waals surface area (Å²) in [5.74, 6) is 1.10. The number of fused-ring (bicyclic) bond motifs is 1. The van der Waals surface area contributed by atoms with Crippen LogP contribution in [0.3, 0.4) is 0 Å². The van der Waals surface area contributed by atoms with Gasteiger partial charge in [0.25, 0.3) is 0 Å². The van der Waals surface area contributed by atoms with Crippen LogP contribution in [0.1, 0.15) is 29.9 Å². The maximum absolute atomic E-state index is 11.7. The van der Waals surface area contributed by atoms with Gasteiger partial charge in [-0.25, -0.2) is 9.78 Å². The molecule has 1 aromatic carbocycles. The minimum Gasteiger partial charge on any atom is -0.465 e. The lowest BCUT2D eigenvalue weighted by Crippen LogP contribution is -2.58. The zero-order valence-electron chi connectivity index (χ0n) is 15.0. The molecule has 2 amide bonds. The van der Waals surface area contributed by atoms with Crippen molar-refractivity contribution in [3.8, 4) is 0 Å². The van der Waals surface area contributed by atoms with Gasteiger partial charge in [-0.3, -0.25) is 4.79 Å². The number of rotatable bonds is 3. The quantitative estimate of drug-likeness (QED) is 0.686. The predicted octanol–water partition coefficient (Wildman–Crippen LogP) is 2.54. The fraction of sp³-hybridized carbons (Fsp3) is 0.421. The SMILES string of the molecule is CC(=O)N1CCn2c(C3CN(C(=O)O)C3Cc3ccccc3)nc(I)c2C1. The topological polar surface area (TPSA) is 78.7 Å². The highest BCUT2D eigenvalue weighted by Crippen LogP contribution is 2.37. The van der Waals surface area contributed by atoms with Crippen LogP contribution >= 0.6 is 22.6 Å². The van der Waals surface area contributed by atoms with Crippen LogP contribution in [-0.2, 0) is 24.3 Å². The molecule has 2 aromatic rings. The van der Waals surface area contributed by atoms with E-state index in [1.54, 1.807) is 6.92 Å². The molecule has 142 valence electrons. The molecule has 2 aliphatic rings. The summed E-state index contributed by atoms with van der Waals surface area (Å²) in [5, 5.41) is 9.54. The van der Waals surface area contributed by atoms with E-state index in [0.29, 0.717) is 32.6 Å². The molecule has 1 aromatic heterocycles. The summed E-state index contributed by atoms with van der Waals surface area (Å²) in [7, 11) is 0. The molecule has 3 heterocycles. The molecule has 0 saturated carbocycles. The number of halogens is 1. The second kappa shape index (κ2) is 7.14. The first-order valence-electron chi connectivity index (χ1n) is 8.99. The number of imidazole rings is 1. The van der Waals surface area contributed by atoms with Gasteiger partial charge in [0.2, 0.25) is 5.91 Å². The van der Waals surface area contributed by atoms with Crippen molar-refractivity contribution >= 4 is 34.6 Å².